The van der Waals surface area contributed by atoms with Crippen molar-refractivity contribution in [3.8, 4) is 11.5 Å². The third-order valence-corrected chi connectivity index (χ3v) is 3.42. The minimum Gasteiger partial charge on any atom is -0.485 e. The number of benzene rings is 1. The molecule has 0 radical (unpaired) electrons. The van der Waals surface area contributed by atoms with Gasteiger partial charge in [0.05, 0.1) is 18.9 Å². The molecule has 1 aromatic carbocycles. The molecule has 3 rings (SSSR count). The first kappa shape index (κ1) is 12.2. The zero-order valence-electron chi connectivity index (χ0n) is 10.9. The molecule has 1 aromatic rings. The van der Waals surface area contributed by atoms with Crippen LogP contribution in [-0.4, -0.2) is 44.4 Å². The maximum absolute atomic E-state index is 5.92. The first-order valence-corrected chi connectivity index (χ1v) is 6.47. The molecule has 5 heteroatoms. The second-order valence-corrected chi connectivity index (χ2v) is 4.60. The Balaban J connectivity index is 1.93. The van der Waals surface area contributed by atoms with Crippen molar-refractivity contribution in [3.05, 3.63) is 24.3 Å². The number of fused-ring (bicyclic) bond motifs is 1. The summed E-state index contributed by atoms with van der Waals surface area (Å²) in [6, 6.07) is 3.79. The Morgan fingerprint density at radius 3 is 2.47 bits per heavy atom. The Morgan fingerprint density at radius 2 is 1.74 bits per heavy atom. The van der Waals surface area contributed by atoms with Crippen molar-refractivity contribution in [2.24, 2.45) is 0 Å². The van der Waals surface area contributed by atoms with E-state index in [9.17, 15) is 0 Å². The lowest BCUT2D eigenvalue weighted by atomic mass is 10.1. The fourth-order valence-electron chi connectivity index (χ4n) is 2.39. The number of ether oxygens (including phenoxy) is 3. The number of nitrogens with two attached hydrogens (primary N) is 1. The molecule has 0 unspecified atom stereocenters. The topological polar surface area (TPSA) is 57.0 Å². The number of nitrogen functional groups attached to an aromatic ring is 1. The molecule has 2 N–H and O–H groups in total. The summed E-state index contributed by atoms with van der Waals surface area (Å²) in [6.07, 6.45) is 0. The second-order valence-electron chi connectivity index (χ2n) is 4.60. The summed E-state index contributed by atoms with van der Waals surface area (Å²) in [4.78, 5) is 2.20. The van der Waals surface area contributed by atoms with Crippen molar-refractivity contribution in [2.75, 3.05) is 45.3 Å². The van der Waals surface area contributed by atoms with Gasteiger partial charge in [0.1, 0.15) is 13.2 Å². The molecular weight excluding hydrogens is 244 g/mol. The van der Waals surface area contributed by atoms with E-state index in [4.69, 9.17) is 19.9 Å². The zero-order valence-corrected chi connectivity index (χ0v) is 10.9. The van der Waals surface area contributed by atoms with Crippen LogP contribution < -0.4 is 15.2 Å². The van der Waals surface area contributed by atoms with Crippen LogP contribution in [0.1, 0.15) is 5.56 Å². The van der Waals surface area contributed by atoms with Gasteiger partial charge in [-0.15, -0.1) is 0 Å². The molecule has 0 aliphatic carbocycles. The van der Waals surface area contributed by atoms with E-state index in [1.54, 1.807) is 0 Å². The SMILES string of the molecule is C=C(c1ccc(N)c2c1OCCO2)N1CCOCC1. The number of hydrogen-bond acceptors (Lipinski definition) is 5. The first-order valence-electron chi connectivity index (χ1n) is 6.47. The molecule has 0 atom stereocenters. The number of hydrogen-bond donors (Lipinski definition) is 1. The number of morpholine rings is 1. The van der Waals surface area contributed by atoms with Crippen LogP contribution in [0.25, 0.3) is 5.70 Å². The van der Waals surface area contributed by atoms with Gasteiger partial charge in [-0.25, -0.2) is 0 Å². The van der Waals surface area contributed by atoms with Gasteiger partial charge in [-0.3, -0.25) is 0 Å². The molecule has 5 nitrogen and oxygen atoms in total. The molecule has 2 aliphatic heterocycles. The van der Waals surface area contributed by atoms with Crippen LogP contribution in [0.2, 0.25) is 0 Å². The Hall–Kier alpha value is -1.88. The molecule has 0 amide bonds. The van der Waals surface area contributed by atoms with Crippen molar-refractivity contribution >= 4 is 11.4 Å². The molecular formula is C14H18N2O3. The van der Waals surface area contributed by atoms with Crippen LogP contribution in [0.4, 0.5) is 5.69 Å². The van der Waals surface area contributed by atoms with Gasteiger partial charge in [0, 0.05) is 24.4 Å². The average molecular weight is 262 g/mol. The van der Waals surface area contributed by atoms with Gasteiger partial charge in [0.2, 0.25) is 0 Å². The summed E-state index contributed by atoms with van der Waals surface area (Å²) >= 11 is 0. The molecule has 0 aromatic heterocycles. The summed E-state index contributed by atoms with van der Waals surface area (Å²) in [5, 5.41) is 0. The smallest absolute Gasteiger partial charge is 0.184 e. The largest absolute Gasteiger partial charge is 0.485 e. The van der Waals surface area contributed by atoms with Gasteiger partial charge in [-0.05, 0) is 12.1 Å². The summed E-state index contributed by atoms with van der Waals surface area (Å²) in [5.41, 5.74) is 8.41. The van der Waals surface area contributed by atoms with E-state index in [1.165, 1.54) is 0 Å². The van der Waals surface area contributed by atoms with Crippen LogP contribution >= 0.6 is 0 Å². The quantitative estimate of drug-likeness (QED) is 0.815. The zero-order chi connectivity index (χ0) is 13.2. The summed E-state index contributed by atoms with van der Waals surface area (Å²) < 4.78 is 16.7. The minimum atomic E-state index is 0.532. The molecule has 1 fully saturated rings. The summed E-state index contributed by atoms with van der Waals surface area (Å²) in [6.45, 7) is 8.41. The minimum absolute atomic E-state index is 0.532. The van der Waals surface area contributed by atoms with Crippen LogP contribution in [0, 0.1) is 0 Å². The van der Waals surface area contributed by atoms with Crippen LogP contribution in [0.15, 0.2) is 18.7 Å². The van der Waals surface area contributed by atoms with Gasteiger partial charge >= 0.3 is 0 Å². The van der Waals surface area contributed by atoms with E-state index in [0.29, 0.717) is 30.4 Å². The van der Waals surface area contributed by atoms with Gasteiger partial charge in [-0.2, -0.15) is 0 Å². The molecule has 102 valence electrons. The third-order valence-electron chi connectivity index (χ3n) is 3.42. The van der Waals surface area contributed by atoms with E-state index in [0.717, 1.165) is 37.6 Å². The van der Waals surface area contributed by atoms with E-state index < -0.39 is 0 Å². The second kappa shape index (κ2) is 5.01. The van der Waals surface area contributed by atoms with Gasteiger partial charge in [0.15, 0.2) is 11.5 Å². The van der Waals surface area contributed by atoms with Crippen molar-refractivity contribution in [2.45, 2.75) is 0 Å². The monoisotopic (exact) mass is 262 g/mol. The standard InChI is InChI=1S/C14H18N2O3/c1-10(16-4-6-17-7-5-16)11-2-3-12(15)14-13(11)18-8-9-19-14/h2-3H,1,4-9,15H2. The predicted octanol–water partition coefficient (Wildman–Crippen LogP) is 1.34. The van der Waals surface area contributed by atoms with Crippen LogP contribution in [0.5, 0.6) is 11.5 Å². The maximum atomic E-state index is 5.92. The van der Waals surface area contributed by atoms with E-state index >= 15 is 0 Å². The highest BCUT2D eigenvalue weighted by atomic mass is 16.6. The molecule has 19 heavy (non-hydrogen) atoms. The molecule has 0 spiro atoms. The van der Waals surface area contributed by atoms with Crippen LogP contribution in [-0.2, 0) is 4.74 Å². The predicted molar refractivity (Wildman–Crippen MR) is 73.3 cm³/mol. The molecule has 0 bridgehead atoms. The van der Waals surface area contributed by atoms with Gasteiger partial charge in [0.25, 0.3) is 0 Å². The van der Waals surface area contributed by atoms with Gasteiger partial charge < -0.3 is 24.8 Å². The summed E-state index contributed by atoms with van der Waals surface area (Å²) in [7, 11) is 0. The fraction of sp³-hybridized carbons (Fsp3) is 0.429. The number of nitrogens with zero attached hydrogens (tertiary/aromatic N) is 1. The molecule has 1 saturated heterocycles. The Bertz CT molecular complexity index is 496. The van der Waals surface area contributed by atoms with Crippen molar-refractivity contribution < 1.29 is 14.2 Å². The van der Waals surface area contributed by atoms with Crippen molar-refractivity contribution in [1.82, 2.24) is 4.90 Å². The number of anilines is 1. The Labute approximate surface area is 112 Å². The van der Waals surface area contributed by atoms with E-state index in [-0.39, 0.29) is 0 Å². The van der Waals surface area contributed by atoms with Gasteiger partial charge in [-0.1, -0.05) is 6.58 Å². The maximum Gasteiger partial charge on any atom is 0.184 e. The lowest BCUT2D eigenvalue weighted by Crippen LogP contribution is -2.34. The Kier molecular flexibility index (Phi) is 3.21. The summed E-state index contributed by atoms with van der Waals surface area (Å²) in [5.74, 6) is 1.35. The fourth-order valence-corrected chi connectivity index (χ4v) is 2.39. The normalized spacial score (nSPS) is 18.2. The third kappa shape index (κ3) is 2.21. The van der Waals surface area contributed by atoms with E-state index in [1.807, 2.05) is 12.1 Å². The molecule has 2 heterocycles. The first-order chi connectivity index (χ1) is 9.27. The highest BCUT2D eigenvalue weighted by Gasteiger charge is 2.23. The molecule has 0 saturated carbocycles. The average Bonchev–Trinajstić information content (AvgIpc) is 2.48. The van der Waals surface area contributed by atoms with E-state index in [2.05, 4.69) is 11.5 Å². The van der Waals surface area contributed by atoms with Crippen molar-refractivity contribution in [1.29, 1.82) is 0 Å². The van der Waals surface area contributed by atoms with Crippen LogP contribution in [0.3, 0.4) is 0 Å². The van der Waals surface area contributed by atoms with Crippen molar-refractivity contribution in [3.63, 3.8) is 0 Å². The Morgan fingerprint density at radius 1 is 1.05 bits per heavy atom. The lowest BCUT2D eigenvalue weighted by molar-refractivity contribution is 0.0639. The molecule has 2 aliphatic rings. The lowest BCUT2D eigenvalue weighted by Gasteiger charge is -2.32. The number of rotatable bonds is 2. The highest BCUT2D eigenvalue weighted by molar-refractivity contribution is 5.76. The highest BCUT2D eigenvalue weighted by Crippen LogP contribution is 2.42.